The van der Waals surface area contributed by atoms with Crippen molar-refractivity contribution in [3.05, 3.63) is 12.4 Å². The van der Waals surface area contributed by atoms with E-state index in [0.717, 1.165) is 0 Å². The van der Waals surface area contributed by atoms with E-state index in [1.165, 1.54) is 12.4 Å². The summed E-state index contributed by atoms with van der Waals surface area (Å²) < 4.78 is 6.37. The van der Waals surface area contributed by atoms with Gasteiger partial charge < -0.3 is 15.2 Å². The maximum absolute atomic E-state index is 10.8. The quantitative estimate of drug-likeness (QED) is 0.661. The molecule has 1 amide bonds. The Balaban J connectivity index is 2.52. The molecule has 1 rings (SSSR count). The van der Waals surface area contributed by atoms with E-state index >= 15 is 0 Å². The van der Waals surface area contributed by atoms with Crippen LogP contribution in [0.1, 0.15) is 0 Å². The lowest BCUT2D eigenvalue weighted by atomic mass is 10.5. The second kappa shape index (κ2) is 5.11. The molecule has 0 aromatic carbocycles. The molecule has 0 aliphatic rings. The van der Waals surface area contributed by atoms with Crippen LogP contribution in [0.3, 0.4) is 0 Å². The maximum Gasteiger partial charge on any atom is 0.394 e. The summed E-state index contributed by atoms with van der Waals surface area (Å²) in [6.07, 6.45) is 2.90. The van der Waals surface area contributed by atoms with Crippen LogP contribution in [-0.4, -0.2) is 40.5 Å². The van der Waals surface area contributed by atoms with Crippen LogP contribution in [-0.2, 0) is 20.9 Å². The van der Waals surface area contributed by atoms with E-state index in [9.17, 15) is 9.59 Å². The first-order chi connectivity index (χ1) is 7.13. The average molecular weight is 213 g/mol. The SMILES string of the molecule is COCCn1cc(NC(=O)C(=O)O)cn1. The third-order valence-corrected chi connectivity index (χ3v) is 1.61. The number of hydrogen-bond acceptors (Lipinski definition) is 4. The monoisotopic (exact) mass is 213 g/mol. The largest absolute Gasteiger partial charge is 0.474 e. The number of nitrogens with zero attached hydrogens (tertiary/aromatic N) is 2. The molecule has 82 valence electrons. The molecule has 0 unspecified atom stereocenters. The van der Waals surface area contributed by atoms with Gasteiger partial charge in [0.05, 0.1) is 25.0 Å². The molecule has 0 fully saturated rings. The van der Waals surface area contributed by atoms with Gasteiger partial charge in [0.25, 0.3) is 0 Å². The highest BCUT2D eigenvalue weighted by Crippen LogP contribution is 2.04. The van der Waals surface area contributed by atoms with Gasteiger partial charge in [-0.3, -0.25) is 9.48 Å². The van der Waals surface area contributed by atoms with Gasteiger partial charge in [-0.1, -0.05) is 0 Å². The smallest absolute Gasteiger partial charge is 0.394 e. The van der Waals surface area contributed by atoms with E-state index in [4.69, 9.17) is 9.84 Å². The number of anilines is 1. The van der Waals surface area contributed by atoms with Crippen LogP contribution in [0.2, 0.25) is 0 Å². The third-order valence-electron chi connectivity index (χ3n) is 1.61. The zero-order chi connectivity index (χ0) is 11.3. The molecule has 0 bridgehead atoms. The lowest BCUT2D eigenvalue weighted by Gasteiger charge is -1.98. The second-order valence-corrected chi connectivity index (χ2v) is 2.74. The topological polar surface area (TPSA) is 93.5 Å². The van der Waals surface area contributed by atoms with Crippen molar-refractivity contribution < 1.29 is 19.4 Å². The highest BCUT2D eigenvalue weighted by Gasteiger charge is 2.11. The van der Waals surface area contributed by atoms with Crippen molar-refractivity contribution >= 4 is 17.6 Å². The molecule has 0 saturated heterocycles. The molecule has 0 aliphatic carbocycles. The molecular weight excluding hydrogens is 202 g/mol. The van der Waals surface area contributed by atoms with Gasteiger partial charge in [-0.2, -0.15) is 5.10 Å². The van der Waals surface area contributed by atoms with Crippen molar-refractivity contribution in [2.45, 2.75) is 6.54 Å². The zero-order valence-electron chi connectivity index (χ0n) is 8.14. The molecule has 0 spiro atoms. The number of carboxylic acids is 1. The molecule has 0 saturated carbocycles. The van der Waals surface area contributed by atoms with E-state index in [-0.39, 0.29) is 0 Å². The number of aromatic nitrogens is 2. The Kier molecular flexibility index (Phi) is 3.81. The maximum atomic E-state index is 10.8. The first-order valence-corrected chi connectivity index (χ1v) is 4.19. The zero-order valence-corrected chi connectivity index (χ0v) is 8.14. The van der Waals surface area contributed by atoms with Crippen LogP contribution in [0, 0.1) is 0 Å². The fraction of sp³-hybridized carbons (Fsp3) is 0.375. The molecule has 1 heterocycles. The molecule has 0 radical (unpaired) electrons. The van der Waals surface area contributed by atoms with Crippen molar-refractivity contribution in [1.29, 1.82) is 0 Å². The highest BCUT2D eigenvalue weighted by atomic mass is 16.5. The van der Waals surface area contributed by atoms with Crippen LogP contribution < -0.4 is 5.32 Å². The van der Waals surface area contributed by atoms with Crippen molar-refractivity contribution in [2.24, 2.45) is 0 Å². The van der Waals surface area contributed by atoms with Gasteiger partial charge >= 0.3 is 11.9 Å². The fourth-order valence-corrected chi connectivity index (χ4v) is 0.920. The number of ether oxygens (including phenoxy) is 1. The van der Waals surface area contributed by atoms with Gasteiger partial charge in [0.2, 0.25) is 0 Å². The van der Waals surface area contributed by atoms with Crippen molar-refractivity contribution in [3.8, 4) is 0 Å². The summed E-state index contributed by atoms with van der Waals surface area (Å²) in [5, 5.41) is 14.4. The van der Waals surface area contributed by atoms with Gasteiger partial charge in [0, 0.05) is 13.3 Å². The molecule has 0 atom stereocenters. The van der Waals surface area contributed by atoms with Crippen molar-refractivity contribution in [1.82, 2.24) is 9.78 Å². The first kappa shape index (κ1) is 11.2. The van der Waals surface area contributed by atoms with Crippen LogP contribution in [0.5, 0.6) is 0 Å². The normalized spacial score (nSPS) is 9.93. The number of carbonyl (C=O) groups excluding carboxylic acids is 1. The minimum atomic E-state index is -1.53. The predicted molar refractivity (Wildman–Crippen MR) is 50.4 cm³/mol. The average Bonchev–Trinajstić information content (AvgIpc) is 2.62. The fourth-order valence-electron chi connectivity index (χ4n) is 0.920. The van der Waals surface area contributed by atoms with Gasteiger partial charge in [-0.05, 0) is 0 Å². The summed E-state index contributed by atoms with van der Waals surface area (Å²) in [7, 11) is 1.57. The Morgan fingerprint density at radius 3 is 3.00 bits per heavy atom. The molecule has 2 N–H and O–H groups in total. The van der Waals surface area contributed by atoms with Crippen LogP contribution in [0.25, 0.3) is 0 Å². The Labute approximate surface area is 85.6 Å². The van der Waals surface area contributed by atoms with Crippen LogP contribution in [0.15, 0.2) is 12.4 Å². The summed E-state index contributed by atoms with van der Waals surface area (Å²) in [6.45, 7) is 1.04. The number of amides is 1. The standard InChI is InChI=1S/C8H11N3O4/c1-15-3-2-11-5-6(4-9-11)10-7(12)8(13)14/h4-5H,2-3H2,1H3,(H,10,12)(H,13,14). The Morgan fingerprint density at radius 2 is 2.40 bits per heavy atom. The Bertz CT molecular complexity index is 361. The summed E-state index contributed by atoms with van der Waals surface area (Å²) in [4.78, 5) is 21.0. The second-order valence-electron chi connectivity index (χ2n) is 2.74. The van der Waals surface area contributed by atoms with Gasteiger partial charge in [0.1, 0.15) is 0 Å². The van der Waals surface area contributed by atoms with Crippen molar-refractivity contribution in [3.63, 3.8) is 0 Å². The Hall–Kier alpha value is -1.89. The number of hydrogen-bond donors (Lipinski definition) is 2. The molecule has 0 aliphatic heterocycles. The van der Waals surface area contributed by atoms with Gasteiger partial charge in [-0.15, -0.1) is 0 Å². The summed E-state index contributed by atoms with van der Waals surface area (Å²) in [6, 6.07) is 0. The number of carbonyl (C=O) groups is 2. The molecule has 1 aromatic rings. The lowest BCUT2D eigenvalue weighted by Crippen LogP contribution is -2.21. The third kappa shape index (κ3) is 3.39. The minimum absolute atomic E-state index is 0.346. The van der Waals surface area contributed by atoms with E-state index in [2.05, 4.69) is 10.4 Å². The molecule has 7 heteroatoms. The first-order valence-electron chi connectivity index (χ1n) is 4.19. The van der Waals surface area contributed by atoms with Gasteiger partial charge in [0.15, 0.2) is 0 Å². The molecule has 7 nitrogen and oxygen atoms in total. The molecular formula is C8H11N3O4. The number of carboxylic acid groups (broad SMARTS) is 1. The number of rotatable bonds is 4. The lowest BCUT2D eigenvalue weighted by molar-refractivity contribution is -0.147. The van der Waals surface area contributed by atoms with E-state index in [1.54, 1.807) is 11.8 Å². The van der Waals surface area contributed by atoms with Gasteiger partial charge in [-0.25, -0.2) is 4.79 Å². The Morgan fingerprint density at radius 1 is 1.67 bits per heavy atom. The molecule has 1 aromatic heterocycles. The van der Waals surface area contributed by atoms with Crippen LogP contribution >= 0.6 is 0 Å². The van der Waals surface area contributed by atoms with Crippen molar-refractivity contribution in [2.75, 3.05) is 19.0 Å². The predicted octanol–water partition coefficient (Wildman–Crippen LogP) is -0.447. The number of aliphatic carboxylic acids is 1. The minimum Gasteiger partial charge on any atom is -0.474 e. The van der Waals surface area contributed by atoms with E-state index in [1.807, 2.05) is 0 Å². The highest BCUT2D eigenvalue weighted by molar-refractivity contribution is 6.36. The van der Waals surface area contributed by atoms with Crippen LogP contribution in [0.4, 0.5) is 5.69 Å². The van der Waals surface area contributed by atoms with E-state index < -0.39 is 11.9 Å². The summed E-state index contributed by atoms with van der Waals surface area (Å²) >= 11 is 0. The number of methoxy groups -OCH3 is 1. The number of nitrogens with one attached hydrogen (secondary N) is 1. The molecule has 15 heavy (non-hydrogen) atoms. The summed E-state index contributed by atoms with van der Waals surface area (Å²) in [5.74, 6) is -2.61. The van der Waals surface area contributed by atoms with E-state index in [0.29, 0.717) is 18.8 Å². The summed E-state index contributed by atoms with van der Waals surface area (Å²) in [5.41, 5.74) is 0.346.